The summed E-state index contributed by atoms with van der Waals surface area (Å²) in [5.41, 5.74) is 1.05. The van der Waals surface area contributed by atoms with Gasteiger partial charge in [0.15, 0.2) is 0 Å². The lowest BCUT2D eigenvalue weighted by atomic mass is 9.89. The second kappa shape index (κ2) is 6.31. The van der Waals surface area contributed by atoms with Crippen molar-refractivity contribution in [2.75, 3.05) is 26.2 Å². The molecule has 0 amide bonds. The van der Waals surface area contributed by atoms with Crippen LogP contribution < -0.4 is 5.32 Å². The van der Waals surface area contributed by atoms with E-state index >= 15 is 0 Å². The first-order valence-corrected chi connectivity index (χ1v) is 6.90. The normalized spacial score (nSPS) is 22.9. The highest BCUT2D eigenvalue weighted by atomic mass is 19.1. The van der Waals surface area contributed by atoms with E-state index in [1.165, 1.54) is 12.5 Å². The number of nitrogens with one attached hydrogen (secondary N) is 1. The third-order valence-corrected chi connectivity index (χ3v) is 3.80. The first-order valence-electron chi connectivity index (χ1n) is 6.90. The van der Waals surface area contributed by atoms with E-state index in [0.717, 1.165) is 31.7 Å². The predicted molar refractivity (Wildman–Crippen MR) is 77.5 cm³/mol. The lowest BCUT2D eigenvalue weighted by Gasteiger charge is -2.31. The van der Waals surface area contributed by atoms with Crippen LogP contribution in [0, 0.1) is 11.2 Å². The Hall–Kier alpha value is -1.19. The Morgan fingerprint density at radius 1 is 1.47 bits per heavy atom. The maximum atomic E-state index is 13.7. The number of hydrogen-bond donors (Lipinski definition) is 1. The van der Waals surface area contributed by atoms with Crippen LogP contribution in [0.2, 0.25) is 0 Å². The zero-order valence-corrected chi connectivity index (χ0v) is 11.7. The fraction of sp³-hybridized carbons (Fsp3) is 0.500. The number of rotatable bonds is 6. The van der Waals surface area contributed by atoms with Crippen molar-refractivity contribution >= 4 is 0 Å². The van der Waals surface area contributed by atoms with Crippen molar-refractivity contribution in [2.45, 2.75) is 19.9 Å². The zero-order chi connectivity index (χ0) is 13.7. The second-order valence-corrected chi connectivity index (χ2v) is 5.79. The molecule has 104 valence electrons. The minimum Gasteiger partial charge on any atom is -0.316 e. The average molecular weight is 262 g/mol. The summed E-state index contributed by atoms with van der Waals surface area (Å²) < 4.78 is 13.7. The fourth-order valence-electron chi connectivity index (χ4n) is 2.78. The van der Waals surface area contributed by atoms with Crippen molar-refractivity contribution in [3.05, 3.63) is 48.3 Å². The molecule has 1 heterocycles. The summed E-state index contributed by atoms with van der Waals surface area (Å²) in [6.45, 7) is 10.6. The van der Waals surface area contributed by atoms with Gasteiger partial charge in [-0.2, -0.15) is 0 Å². The fourth-order valence-corrected chi connectivity index (χ4v) is 2.78. The van der Waals surface area contributed by atoms with Crippen molar-refractivity contribution in [1.82, 2.24) is 10.2 Å². The van der Waals surface area contributed by atoms with Gasteiger partial charge in [-0.05, 0) is 24.4 Å². The van der Waals surface area contributed by atoms with Crippen LogP contribution in [-0.4, -0.2) is 31.1 Å². The number of benzene rings is 1. The standard InChI is InChI=1S/C16H23FN2/c1-3-10-19(13-16(2)8-9-18-12-16)11-14-6-4-5-7-15(14)17/h3-7,18H,1,8-13H2,2H3. The predicted octanol–water partition coefficient (Wildman–Crippen LogP) is 2.81. The van der Waals surface area contributed by atoms with Gasteiger partial charge in [0.05, 0.1) is 0 Å². The van der Waals surface area contributed by atoms with Crippen LogP contribution in [0.1, 0.15) is 18.9 Å². The van der Waals surface area contributed by atoms with E-state index < -0.39 is 0 Å². The summed E-state index contributed by atoms with van der Waals surface area (Å²) in [7, 11) is 0. The van der Waals surface area contributed by atoms with Gasteiger partial charge in [0.25, 0.3) is 0 Å². The first-order chi connectivity index (χ1) is 9.13. The Bertz CT molecular complexity index is 425. The van der Waals surface area contributed by atoms with Gasteiger partial charge >= 0.3 is 0 Å². The maximum absolute atomic E-state index is 13.7. The lowest BCUT2D eigenvalue weighted by Crippen LogP contribution is -2.37. The minimum atomic E-state index is -0.119. The Labute approximate surface area is 115 Å². The van der Waals surface area contributed by atoms with E-state index in [2.05, 4.69) is 23.7 Å². The molecule has 1 aromatic rings. The van der Waals surface area contributed by atoms with Crippen LogP contribution in [0.5, 0.6) is 0 Å². The van der Waals surface area contributed by atoms with Crippen molar-refractivity contribution in [2.24, 2.45) is 5.41 Å². The summed E-state index contributed by atoms with van der Waals surface area (Å²) in [6, 6.07) is 7.02. The summed E-state index contributed by atoms with van der Waals surface area (Å²) in [5, 5.41) is 3.41. The molecule has 2 rings (SSSR count). The third-order valence-electron chi connectivity index (χ3n) is 3.80. The van der Waals surface area contributed by atoms with Gasteiger partial charge in [-0.25, -0.2) is 4.39 Å². The van der Waals surface area contributed by atoms with Gasteiger partial charge < -0.3 is 5.32 Å². The van der Waals surface area contributed by atoms with Gasteiger partial charge in [0, 0.05) is 31.7 Å². The maximum Gasteiger partial charge on any atom is 0.127 e. The summed E-state index contributed by atoms with van der Waals surface area (Å²) in [5.74, 6) is -0.119. The zero-order valence-electron chi connectivity index (χ0n) is 11.7. The van der Waals surface area contributed by atoms with Crippen molar-refractivity contribution < 1.29 is 4.39 Å². The van der Waals surface area contributed by atoms with Crippen LogP contribution in [0.25, 0.3) is 0 Å². The molecule has 1 N–H and O–H groups in total. The quantitative estimate of drug-likeness (QED) is 0.793. The molecule has 0 aliphatic carbocycles. The topological polar surface area (TPSA) is 15.3 Å². The van der Waals surface area contributed by atoms with Gasteiger partial charge in [-0.1, -0.05) is 31.2 Å². The third kappa shape index (κ3) is 3.88. The molecule has 1 saturated heterocycles. The highest BCUT2D eigenvalue weighted by Gasteiger charge is 2.30. The minimum absolute atomic E-state index is 0.119. The molecule has 0 radical (unpaired) electrons. The van der Waals surface area contributed by atoms with Gasteiger partial charge in [0.2, 0.25) is 0 Å². The SMILES string of the molecule is C=CCN(Cc1ccccc1F)CC1(C)CCNC1. The van der Waals surface area contributed by atoms with E-state index in [9.17, 15) is 4.39 Å². The van der Waals surface area contributed by atoms with Gasteiger partial charge in [-0.3, -0.25) is 4.90 Å². The smallest absolute Gasteiger partial charge is 0.127 e. The molecule has 0 saturated carbocycles. The molecule has 1 fully saturated rings. The van der Waals surface area contributed by atoms with Crippen LogP contribution in [-0.2, 0) is 6.54 Å². The molecule has 3 heteroatoms. The summed E-state index contributed by atoms with van der Waals surface area (Å²) >= 11 is 0. The van der Waals surface area contributed by atoms with E-state index in [-0.39, 0.29) is 11.2 Å². The highest BCUT2D eigenvalue weighted by molar-refractivity contribution is 5.17. The molecule has 2 nitrogen and oxygen atoms in total. The molecular weight excluding hydrogens is 239 g/mol. The number of nitrogens with zero attached hydrogens (tertiary/aromatic N) is 1. The van der Waals surface area contributed by atoms with Crippen molar-refractivity contribution in [1.29, 1.82) is 0 Å². The van der Waals surface area contributed by atoms with Crippen molar-refractivity contribution in [3.8, 4) is 0 Å². The molecule has 1 unspecified atom stereocenters. The molecule has 1 atom stereocenters. The molecule has 0 aromatic heterocycles. The Kier molecular flexibility index (Phi) is 4.72. The van der Waals surface area contributed by atoms with E-state index in [4.69, 9.17) is 0 Å². The largest absolute Gasteiger partial charge is 0.316 e. The second-order valence-electron chi connectivity index (χ2n) is 5.79. The van der Waals surface area contributed by atoms with Crippen molar-refractivity contribution in [3.63, 3.8) is 0 Å². The molecule has 0 bridgehead atoms. The average Bonchev–Trinajstić information content (AvgIpc) is 2.79. The monoisotopic (exact) mass is 262 g/mol. The molecular formula is C16H23FN2. The molecule has 19 heavy (non-hydrogen) atoms. The Morgan fingerprint density at radius 2 is 2.26 bits per heavy atom. The number of hydrogen-bond acceptors (Lipinski definition) is 2. The first kappa shape index (κ1) is 14.2. The van der Waals surface area contributed by atoms with Gasteiger partial charge in [0.1, 0.15) is 5.82 Å². The molecule has 1 aliphatic heterocycles. The lowest BCUT2D eigenvalue weighted by molar-refractivity contribution is 0.184. The molecule has 1 aliphatic rings. The summed E-state index contributed by atoms with van der Waals surface area (Å²) in [4.78, 5) is 2.28. The van der Waals surface area contributed by atoms with Gasteiger partial charge in [-0.15, -0.1) is 6.58 Å². The van der Waals surface area contributed by atoms with E-state index in [0.29, 0.717) is 6.54 Å². The number of halogens is 1. The highest BCUT2D eigenvalue weighted by Crippen LogP contribution is 2.26. The summed E-state index contributed by atoms with van der Waals surface area (Å²) in [6.07, 6.45) is 3.07. The van der Waals surface area contributed by atoms with Crippen LogP contribution in [0.4, 0.5) is 4.39 Å². The Balaban J connectivity index is 2.03. The van der Waals surface area contributed by atoms with Crippen LogP contribution in [0.3, 0.4) is 0 Å². The van der Waals surface area contributed by atoms with E-state index in [1.54, 1.807) is 6.07 Å². The molecule has 0 spiro atoms. The molecule has 1 aromatic carbocycles. The van der Waals surface area contributed by atoms with Crippen LogP contribution in [0.15, 0.2) is 36.9 Å². The van der Waals surface area contributed by atoms with E-state index in [1.807, 2.05) is 18.2 Å². The van der Waals surface area contributed by atoms with Crippen LogP contribution >= 0.6 is 0 Å². The Morgan fingerprint density at radius 3 is 2.89 bits per heavy atom.